The lowest BCUT2D eigenvalue weighted by Gasteiger charge is -2.28. The quantitative estimate of drug-likeness (QED) is 0.477. The predicted octanol–water partition coefficient (Wildman–Crippen LogP) is 3.89. The summed E-state index contributed by atoms with van der Waals surface area (Å²) in [7, 11) is -3.94. The monoisotopic (exact) mass is 504 g/mol. The largest absolute Gasteiger partial charge is 0.381 e. The number of nitrogens with one attached hydrogen (secondary N) is 1. The molecule has 1 saturated heterocycles. The first-order chi connectivity index (χ1) is 16.7. The number of benzene rings is 1. The number of aromatic nitrogens is 3. The average Bonchev–Trinajstić information content (AvgIpc) is 3.49. The van der Waals surface area contributed by atoms with Crippen LogP contribution < -0.4 is 5.32 Å². The summed E-state index contributed by atoms with van der Waals surface area (Å²) < 4.78 is 47.7. The zero-order valence-electron chi connectivity index (χ0n) is 20.5. The van der Waals surface area contributed by atoms with E-state index in [4.69, 9.17) is 9.72 Å². The standard InChI is InChI=1S/C25H33FN4O4S/c1-4-25(2,3)24-28-21-15-20(5-6-22(21)30(24)16-18-8-13-34-14-9-18)35(32,33)29-12-7-19(17-29)23(31)27-11-10-26/h5-7,12,15,17-18H,4,8-11,13-14,16H2,1-3H3,(H,27,31). The van der Waals surface area contributed by atoms with E-state index >= 15 is 0 Å². The summed E-state index contributed by atoms with van der Waals surface area (Å²) >= 11 is 0. The molecule has 1 amide bonds. The lowest BCUT2D eigenvalue weighted by Crippen LogP contribution is -2.26. The zero-order chi connectivity index (χ0) is 25.2. The van der Waals surface area contributed by atoms with Crippen LogP contribution in [0.3, 0.4) is 0 Å². The highest BCUT2D eigenvalue weighted by Gasteiger charge is 2.29. The maximum atomic E-state index is 13.3. The highest BCUT2D eigenvalue weighted by Crippen LogP contribution is 2.32. The molecular formula is C25H33FN4O4S. The molecule has 4 rings (SSSR count). The first-order valence-corrected chi connectivity index (χ1v) is 13.5. The summed E-state index contributed by atoms with van der Waals surface area (Å²) in [6.45, 7) is 7.96. The van der Waals surface area contributed by atoms with E-state index in [0.717, 1.165) is 54.3 Å². The molecule has 0 atom stereocenters. The Kier molecular flexibility index (Phi) is 7.32. The number of imidazole rings is 1. The predicted molar refractivity (Wildman–Crippen MR) is 132 cm³/mol. The molecule has 3 aromatic rings. The number of nitrogens with zero attached hydrogens (tertiary/aromatic N) is 3. The van der Waals surface area contributed by atoms with Gasteiger partial charge in [-0.15, -0.1) is 0 Å². The van der Waals surface area contributed by atoms with Gasteiger partial charge >= 0.3 is 0 Å². The number of carbonyl (C=O) groups is 1. The van der Waals surface area contributed by atoms with Crippen LogP contribution >= 0.6 is 0 Å². The number of rotatable bonds is 9. The normalized spacial score (nSPS) is 15.5. The third kappa shape index (κ3) is 5.13. The van der Waals surface area contributed by atoms with Gasteiger partial charge in [0.25, 0.3) is 15.9 Å². The van der Waals surface area contributed by atoms with Crippen LogP contribution in [0.4, 0.5) is 4.39 Å². The van der Waals surface area contributed by atoms with Crippen molar-refractivity contribution in [3.05, 3.63) is 48.0 Å². The second-order valence-corrected chi connectivity index (χ2v) is 11.5. The SMILES string of the molecule is CCC(C)(C)c1nc2cc(S(=O)(=O)n3ccc(C(=O)NCCF)c3)ccc2n1CC1CCOCC1. The van der Waals surface area contributed by atoms with Crippen LogP contribution in [-0.2, 0) is 26.7 Å². The molecule has 1 N–H and O–H groups in total. The number of carbonyl (C=O) groups excluding carboxylic acids is 1. The minimum atomic E-state index is -3.94. The molecule has 0 saturated carbocycles. The number of ether oxygens (including phenoxy) is 1. The van der Waals surface area contributed by atoms with Gasteiger partial charge in [-0.3, -0.25) is 4.79 Å². The molecule has 8 nitrogen and oxygen atoms in total. The van der Waals surface area contributed by atoms with Crippen molar-refractivity contribution in [1.29, 1.82) is 0 Å². The van der Waals surface area contributed by atoms with Gasteiger partial charge in [0.05, 0.1) is 21.5 Å². The molecule has 35 heavy (non-hydrogen) atoms. The Bertz CT molecular complexity index is 1310. The third-order valence-corrected chi connectivity index (χ3v) is 8.51. The van der Waals surface area contributed by atoms with Gasteiger partial charge in [-0.25, -0.2) is 21.8 Å². The number of amides is 1. The Hall–Kier alpha value is -2.72. The van der Waals surface area contributed by atoms with E-state index < -0.39 is 22.6 Å². The zero-order valence-corrected chi connectivity index (χ0v) is 21.3. The first-order valence-electron chi connectivity index (χ1n) is 12.0. The highest BCUT2D eigenvalue weighted by atomic mass is 32.2. The second-order valence-electron chi connectivity index (χ2n) is 9.67. The molecule has 10 heteroatoms. The van der Waals surface area contributed by atoms with Crippen molar-refractivity contribution >= 4 is 27.0 Å². The van der Waals surface area contributed by atoms with Crippen molar-refractivity contribution in [3.8, 4) is 0 Å². The Balaban J connectivity index is 1.71. The molecule has 1 fully saturated rings. The van der Waals surface area contributed by atoms with Crippen LogP contribution in [-0.4, -0.2) is 54.3 Å². The fourth-order valence-electron chi connectivity index (χ4n) is 4.36. The van der Waals surface area contributed by atoms with Crippen LogP contribution in [0, 0.1) is 5.92 Å². The minimum Gasteiger partial charge on any atom is -0.381 e. The Morgan fingerprint density at radius 1 is 1.26 bits per heavy atom. The summed E-state index contributed by atoms with van der Waals surface area (Å²) in [5, 5.41) is 2.40. The van der Waals surface area contributed by atoms with Crippen LogP contribution in [0.25, 0.3) is 11.0 Å². The molecule has 2 aromatic heterocycles. The second kappa shape index (κ2) is 10.1. The van der Waals surface area contributed by atoms with Crippen LogP contribution in [0.5, 0.6) is 0 Å². The number of halogens is 1. The maximum Gasteiger partial charge on any atom is 0.267 e. The molecule has 0 aliphatic carbocycles. The van der Waals surface area contributed by atoms with Gasteiger partial charge in [0.1, 0.15) is 12.5 Å². The first kappa shape index (κ1) is 25.4. The molecular weight excluding hydrogens is 471 g/mol. The van der Waals surface area contributed by atoms with Gasteiger partial charge in [-0.2, -0.15) is 0 Å². The Labute approximate surface area is 205 Å². The summed E-state index contributed by atoms with van der Waals surface area (Å²) in [5.41, 5.74) is 1.51. The molecule has 190 valence electrons. The molecule has 0 spiro atoms. The molecule has 1 aromatic carbocycles. The van der Waals surface area contributed by atoms with Crippen molar-refractivity contribution < 1.29 is 22.3 Å². The number of alkyl halides is 1. The van der Waals surface area contributed by atoms with Gasteiger partial charge < -0.3 is 14.6 Å². The van der Waals surface area contributed by atoms with E-state index in [1.807, 2.05) is 6.07 Å². The summed E-state index contributed by atoms with van der Waals surface area (Å²) in [6.07, 6.45) is 5.44. The Morgan fingerprint density at radius 2 is 2.00 bits per heavy atom. The molecule has 3 heterocycles. The van der Waals surface area contributed by atoms with Crippen molar-refractivity contribution in [2.45, 2.75) is 56.9 Å². The van der Waals surface area contributed by atoms with Gasteiger partial charge in [-0.1, -0.05) is 20.8 Å². The minimum absolute atomic E-state index is 0.0906. The number of hydrogen-bond donors (Lipinski definition) is 1. The topological polar surface area (TPSA) is 95.2 Å². The van der Waals surface area contributed by atoms with E-state index in [9.17, 15) is 17.6 Å². The van der Waals surface area contributed by atoms with Gasteiger partial charge in [0.2, 0.25) is 0 Å². The van der Waals surface area contributed by atoms with E-state index in [2.05, 4.69) is 30.7 Å². The van der Waals surface area contributed by atoms with Crippen LogP contribution in [0.1, 0.15) is 56.2 Å². The lowest BCUT2D eigenvalue weighted by atomic mass is 9.89. The number of fused-ring (bicyclic) bond motifs is 1. The summed E-state index contributed by atoms with van der Waals surface area (Å²) in [6, 6.07) is 6.41. The van der Waals surface area contributed by atoms with E-state index in [0.29, 0.717) is 11.4 Å². The molecule has 0 radical (unpaired) electrons. The fraction of sp³-hybridized carbons (Fsp3) is 0.520. The molecule has 0 bridgehead atoms. The third-order valence-electron chi connectivity index (χ3n) is 6.88. The smallest absolute Gasteiger partial charge is 0.267 e. The highest BCUT2D eigenvalue weighted by molar-refractivity contribution is 7.90. The van der Waals surface area contributed by atoms with Crippen molar-refractivity contribution in [2.75, 3.05) is 26.4 Å². The van der Waals surface area contributed by atoms with E-state index in [1.165, 1.54) is 18.5 Å². The van der Waals surface area contributed by atoms with Gasteiger partial charge in [0.15, 0.2) is 0 Å². The van der Waals surface area contributed by atoms with Crippen molar-refractivity contribution in [1.82, 2.24) is 18.8 Å². The number of hydrogen-bond acceptors (Lipinski definition) is 5. The summed E-state index contributed by atoms with van der Waals surface area (Å²) in [4.78, 5) is 17.1. The van der Waals surface area contributed by atoms with Crippen LogP contribution in [0.15, 0.2) is 41.6 Å². The van der Waals surface area contributed by atoms with E-state index in [1.54, 1.807) is 12.1 Å². The van der Waals surface area contributed by atoms with Crippen LogP contribution in [0.2, 0.25) is 0 Å². The van der Waals surface area contributed by atoms with Crippen molar-refractivity contribution in [3.63, 3.8) is 0 Å². The molecule has 0 unspecified atom stereocenters. The van der Waals surface area contributed by atoms with E-state index in [-0.39, 0.29) is 22.4 Å². The Morgan fingerprint density at radius 3 is 2.69 bits per heavy atom. The van der Waals surface area contributed by atoms with Crippen molar-refractivity contribution in [2.24, 2.45) is 5.92 Å². The maximum absolute atomic E-state index is 13.3. The van der Waals surface area contributed by atoms with Gasteiger partial charge in [0, 0.05) is 44.1 Å². The van der Waals surface area contributed by atoms with Gasteiger partial charge in [-0.05, 0) is 49.4 Å². The average molecular weight is 505 g/mol. The summed E-state index contributed by atoms with van der Waals surface area (Å²) in [5.74, 6) is 0.909. The molecule has 1 aliphatic rings. The molecule has 1 aliphatic heterocycles. The lowest BCUT2D eigenvalue weighted by molar-refractivity contribution is 0.0610. The fourth-order valence-corrected chi connectivity index (χ4v) is 5.58.